The molecular formula is C21H24N2O3. The van der Waals surface area contributed by atoms with E-state index in [0.717, 1.165) is 12.0 Å². The Hall–Kier alpha value is -2.66. The zero-order valence-electron chi connectivity index (χ0n) is 14.8. The van der Waals surface area contributed by atoms with E-state index in [1.807, 2.05) is 60.4 Å². The molecule has 1 aliphatic heterocycles. The smallest absolute Gasteiger partial charge is 0.325 e. The van der Waals surface area contributed by atoms with Crippen LogP contribution in [0.25, 0.3) is 0 Å². The predicted octanol–water partition coefficient (Wildman–Crippen LogP) is 2.84. The number of carbonyl (C=O) groups excluding carboxylic acids is 1. The minimum Gasteiger partial charge on any atom is -0.480 e. The highest BCUT2D eigenvalue weighted by Gasteiger charge is 2.37. The van der Waals surface area contributed by atoms with Gasteiger partial charge in [0, 0.05) is 19.1 Å². The third-order valence-electron chi connectivity index (χ3n) is 4.97. The van der Waals surface area contributed by atoms with Gasteiger partial charge in [-0.2, -0.15) is 0 Å². The number of hydrogen-bond acceptors (Lipinski definition) is 3. The topological polar surface area (TPSA) is 69.6 Å². The van der Waals surface area contributed by atoms with Crippen LogP contribution in [0.5, 0.6) is 0 Å². The molecule has 2 aromatic rings. The van der Waals surface area contributed by atoms with Crippen LogP contribution in [0.1, 0.15) is 30.5 Å². The number of carboxylic acid groups (broad SMARTS) is 1. The van der Waals surface area contributed by atoms with Gasteiger partial charge in [0.2, 0.25) is 5.91 Å². The van der Waals surface area contributed by atoms with Crippen LogP contribution in [0.2, 0.25) is 0 Å². The zero-order valence-corrected chi connectivity index (χ0v) is 14.8. The van der Waals surface area contributed by atoms with Crippen LogP contribution < -0.4 is 5.32 Å². The molecule has 0 aromatic heterocycles. The van der Waals surface area contributed by atoms with Crippen LogP contribution in [0.3, 0.4) is 0 Å². The van der Waals surface area contributed by atoms with Gasteiger partial charge in [-0.3, -0.25) is 14.9 Å². The number of rotatable bonds is 7. The molecule has 26 heavy (non-hydrogen) atoms. The quantitative estimate of drug-likeness (QED) is 0.804. The van der Waals surface area contributed by atoms with Crippen LogP contribution in [0.15, 0.2) is 60.7 Å². The Balaban J connectivity index is 1.65. The van der Waals surface area contributed by atoms with E-state index in [2.05, 4.69) is 5.32 Å². The molecule has 5 heteroatoms. The number of nitrogens with zero attached hydrogens (tertiary/aromatic N) is 1. The van der Waals surface area contributed by atoms with E-state index >= 15 is 0 Å². The monoisotopic (exact) mass is 352 g/mol. The summed E-state index contributed by atoms with van der Waals surface area (Å²) < 4.78 is 0. The van der Waals surface area contributed by atoms with E-state index in [0.29, 0.717) is 18.7 Å². The molecule has 3 unspecified atom stereocenters. The maximum atomic E-state index is 12.8. The van der Waals surface area contributed by atoms with Crippen molar-refractivity contribution in [3.8, 4) is 0 Å². The minimum atomic E-state index is -0.936. The molecule has 1 fully saturated rings. The Morgan fingerprint density at radius 2 is 1.77 bits per heavy atom. The molecule has 136 valence electrons. The van der Waals surface area contributed by atoms with Gasteiger partial charge in [-0.15, -0.1) is 0 Å². The maximum absolute atomic E-state index is 12.8. The summed E-state index contributed by atoms with van der Waals surface area (Å²) in [7, 11) is 0. The third-order valence-corrected chi connectivity index (χ3v) is 4.97. The molecule has 1 saturated heterocycles. The normalized spacial score (nSPS) is 19.3. The van der Waals surface area contributed by atoms with Crippen molar-refractivity contribution in [2.24, 2.45) is 5.92 Å². The third kappa shape index (κ3) is 4.11. The molecule has 0 radical (unpaired) electrons. The van der Waals surface area contributed by atoms with Gasteiger partial charge in [-0.1, -0.05) is 60.7 Å². The summed E-state index contributed by atoms with van der Waals surface area (Å²) in [6.07, 6.45) is 0.737. The summed E-state index contributed by atoms with van der Waals surface area (Å²) in [6.45, 7) is 3.20. The molecule has 2 aromatic carbocycles. The molecule has 5 nitrogen and oxygen atoms in total. The van der Waals surface area contributed by atoms with Crippen molar-refractivity contribution in [2.45, 2.75) is 32.0 Å². The Bertz CT molecular complexity index is 748. The van der Waals surface area contributed by atoms with Gasteiger partial charge < -0.3 is 10.0 Å². The fraction of sp³-hybridized carbons (Fsp3) is 0.333. The lowest BCUT2D eigenvalue weighted by Gasteiger charge is -2.25. The summed E-state index contributed by atoms with van der Waals surface area (Å²) in [6, 6.07) is 18.0. The molecule has 3 atom stereocenters. The molecule has 2 N–H and O–H groups in total. The van der Waals surface area contributed by atoms with E-state index in [1.165, 1.54) is 0 Å². The van der Waals surface area contributed by atoms with Crippen LogP contribution >= 0.6 is 0 Å². The summed E-state index contributed by atoms with van der Waals surface area (Å²) in [5.74, 6) is -1.05. The van der Waals surface area contributed by atoms with E-state index in [-0.39, 0.29) is 17.9 Å². The van der Waals surface area contributed by atoms with Crippen LogP contribution in [0.4, 0.5) is 0 Å². The van der Waals surface area contributed by atoms with Crippen molar-refractivity contribution < 1.29 is 14.7 Å². The minimum absolute atomic E-state index is 0.0889. The molecule has 3 rings (SSSR count). The predicted molar refractivity (Wildman–Crippen MR) is 99.4 cm³/mol. The van der Waals surface area contributed by atoms with Crippen molar-refractivity contribution in [1.29, 1.82) is 0 Å². The first-order chi connectivity index (χ1) is 12.6. The zero-order chi connectivity index (χ0) is 18.5. The second-order valence-corrected chi connectivity index (χ2v) is 6.78. The van der Waals surface area contributed by atoms with Crippen LogP contribution in [-0.4, -0.2) is 34.5 Å². The van der Waals surface area contributed by atoms with Gasteiger partial charge in [-0.05, 0) is 24.5 Å². The van der Waals surface area contributed by atoms with Crippen molar-refractivity contribution in [2.75, 3.05) is 6.54 Å². The van der Waals surface area contributed by atoms with Crippen LogP contribution in [0, 0.1) is 5.92 Å². The van der Waals surface area contributed by atoms with Gasteiger partial charge in [-0.25, -0.2) is 0 Å². The average molecular weight is 352 g/mol. The first-order valence-corrected chi connectivity index (χ1v) is 8.93. The molecule has 1 heterocycles. The first-order valence-electron chi connectivity index (χ1n) is 8.93. The largest absolute Gasteiger partial charge is 0.480 e. The van der Waals surface area contributed by atoms with Gasteiger partial charge in [0.25, 0.3) is 0 Å². The SMILES string of the molecule is CC(NC(C(=O)O)c1ccccc1)C1CCN(Cc2ccccc2)C1=O. The molecule has 0 saturated carbocycles. The summed E-state index contributed by atoms with van der Waals surface area (Å²) in [5, 5.41) is 12.7. The van der Waals surface area contributed by atoms with Crippen molar-refractivity contribution in [3.63, 3.8) is 0 Å². The molecule has 0 bridgehead atoms. The summed E-state index contributed by atoms with van der Waals surface area (Å²) in [4.78, 5) is 26.3. The van der Waals surface area contributed by atoms with Crippen LogP contribution in [-0.2, 0) is 16.1 Å². The highest BCUT2D eigenvalue weighted by molar-refractivity contribution is 5.82. The highest BCUT2D eigenvalue weighted by atomic mass is 16.4. The molecule has 1 aliphatic rings. The Morgan fingerprint density at radius 3 is 2.38 bits per heavy atom. The van der Waals surface area contributed by atoms with E-state index in [1.54, 1.807) is 12.1 Å². The molecular weight excluding hydrogens is 328 g/mol. The summed E-state index contributed by atoms with van der Waals surface area (Å²) >= 11 is 0. The average Bonchev–Trinajstić information content (AvgIpc) is 3.01. The van der Waals surface area contributed by atoms with E-state index in [9.17, 15) is 14.7 Å². The lowest BCUT2D eigenvalue weighted by atomic mass is 9.97. The van der Waals surface area contributed by atoms with Gasteiger partial charge in [0.05, 0.1) is 5.92 Å². The molecule has 0 aliphatic carbocycles. The lowest BCUT2D eigenvalue weighted by molar-refractivity contribution is -0.140. The van der Waals surface area contributed by atoms with Gasteiger partial charge in [0.1, 0.15) is 6.04 Å². The number of likely N-dealkylation sites (tertiary alicyclic amines) is 1. The van der Waals surface area contributed by atoms with Crippen molar-refractivity contribution in [1.82, 2.24) is 10.2 Å². The van der Waals surface area contributed by atoms with Crippen molar-refractivity contribution in [3.05, 3.63) is 71.8 Å². The highest BCUT2D eigenvalue weighted by Crippen LogP contribution is 2.25. The number of nitrogens with one attached hydrogen (secondary N) is 1. The Labute approximate surface area is 153 Å². The molecule has 0 spiro atoms. The maximum Gasteiger partial charge on any atom is 0.325 e. The summed E-state index contributed by atoms with van der Waals surface area (Å²) in [5.41, 5.74) is 1.80. The number of carbonyl (C=O) groups is 2. The fourth-order valence-electron chi connectivity index (χ4n) is 3.52. The number of aliphatic carboxylic acids is 1. The second kappa shape index (κ2) is 8.15. The second-order valence-electron chi connectivity index (χ2n) is 6.78. The van der Waals surface area contributed by atoms with Gasteiger partial charge in [0.15, 0.2) is 0 Å². The number of carboxylic acids is 1. The fourth-order valence-corrected chi connectivity index (χ4v) is 3.52. The standard InChI is InChI=1S/C21H24N2O3/c1-15(22-19(21(25)26)17-10-6-3-7-11-17)18-12-13-23(20(18)24)14-16-8-4-2-5-9-16/h2-11,15,18-19,22H,12-14H2,1H3,(H,25,26). The van der Waals surface area contributed by atoms with E-state index < -0.39 is 12.0 Å². The number of hydrogen-bond donors (Lipinski definition) is 2. The number of benzene rings is 2. The van der Waals surface area contributed by atoms with E-state index in [4.69, 9.17) is 0 Å². The van der Waals surface area contributed by atoms with Gasteiger partial charge >= 0.3 is 5.97 Å². The molecule has 1 amide bonds. The number of amides is 1. The Morgan fingerprint density at radius 1 is 1.15 bits per heavy atom. The first kappa shape index (κ1) is 18.1. The van der Waals surface area contributed by atoms with Crippen molar-refractivity contribution >= 4 is 11.9 Å². The Kier molecular flexibility index (Phi) is 5.68. The lowest BCUT2D eigenvalue weighted by Crippen LogP contribution is -2.42.